The van der Waals surface area contributed by atoms with E-state index < -0.39 is 5.60 Å². The minimum absolute atomic E-state index is 0.393. The molecule has 19 heavy (non-hydrogen) atoms. The van der Waals surface area contributed by atoms with Crippen LogP contribution in [0.15, 0.2) is 0 Å². The fraction of sp³-hybridized carbons (Fsp3) is 1.00. The van der Waals surface area contributed by atoms with Gasteiger partial charge < -0.3 is 20.5 Å². The van der Waals surface area contributed by atoms with Gasteiger partial charge in [-0.25, -0.2) is 0 Å². The first kappa shape index (κ1) is 15.2. The number of aliphatic hydroxyl groups is 1. The summed E-state index contributed by atoms with van der Waals surface area (Å²) in [7, 11) is 0. The summed E-state index contributed by atoms with van der Waals surface area (Å²) in [6.45, 7) is 6.61. The van der Waals surface area contributed by atoms with Crippen LogP contribution < -0.4 is 5.73 Å². The molecule has 0 bridgehead atoms. The third kappa shape index (κ3) is 3.91. The second-order valence-electron chi connectivity index (χ2n) is 6.21. The van der Waals surface area contributed by atoms with Gasteiger partial charge in [0.1, 0.15) is 0 Å². The summed E-state index contributed by atoms with van der Waals surface area (Å²) in [5, 5.41) is 10.5. The van der Waals surface area contributed by atoms with Crippen LogP contribution in [0, 0.1) is 5.92 Å². The lowest BCUT2D eigenvalue weighted by molar-refractivity contribution is -0.0113. The van der Waals surface area contributed by atoms with Crippen molar-refractivity contribution in [2.24, 2.45) is 11.7 Å². The van der Waals surface area contributed by atoms with Crippen molar-refractivity contribution >= 4 is 0 Å². The normalized spacial score (nSPS) is 36.8. The molecule has 3 atom stereocenters. The molecule has 2 fully saturated rings. The molecule has 0 radical (unpaired) electrons. The Morgan fingerprint density at radius 1 is 1.37 bits per heavy atom. The van der Waals surface area contributed by atoms with Gasteiger partial charge >= 0.3 is 0 Å². The minimum Gasteiger partial charge on any atom is -0.388 e. The van der Waals surface area contributed by atoms with Gasteiger partial charge in [0.2, 0.25) is 0 Å². The van der Waals surface area contributed by atoms with Crippen molar-refractivity contribution in [2.75, 3.05) is 32.8 Å². The minimum atomic E-state index is -0.588. The summed E-state index contributed by atoms with van der Waals surface area (Å²) in [6, 6.07) is 0. The highest BCUT2D eigenvalue weighted by Crippen LogP contribution is 2.37. The quantitative estimate of drug-likeness (QED) is 0.765. The molecule has 0 spiro atoms. The van der Waals surface area contributed by atoms with Crippen molar-refractivity contribution in [3.05, 3.63) is 0 Å². The van der Waals surface area contributed by atoms with Crippen LogP contribution in [0.2, 0.25) is 0 Å². The Morgan fingerprint density at radius 3 is 2.95 bits per heavy atom. The van der Waals surface area contributed by atoms with Gasteiger partial charge in [0.25, 0.3) is 0 Å². The van der Waals surface area contributed by atoms with Crippen molar-refractivity contribution < 1.29 is 9.84 Å². The Kier molecular flexibility index (Phi) is 5.63. The Morgan fingerprint density at radius 2 is 2.21 bits per heavy atom. The van der Waals surface area contributed by atoms with E-state index in [9.17, 15) is 5.11 Å². The number of likely N-dealkylation sites (tertiary alicyclic amines) is 1. The molecular formula is C15H30N2O2. The molecule has 2 aliphatic rings. The molecule has 0 aromatic rings. The molecule has 112 valence electrons. The first-order valence-corrected chi connectivity index (χ1v) is 7.94. The van der Waals surface area contributed by atoms with E-state index in [2.05, 4.69) is 11.8 Å². The number of nitrogens with two attached hydrogens (primary N) is 1. The standard InChI is InChI=1S/C15H30N2O2/c1-2-19-14-6-4-9-17(11-14)10-7-13-5-3-8-15(13,18)12-16/h13-14,18H,2-12,16H2,1H3. The summed E-state index contributed by atoms with van der Waals surface area (Å²) in [6.07, 6.45) is 7.06. The first-order chi connectivity index (χ1) is 9.18. The lowest BCUT2D eigenvalue weighted by Gasteiger charge is -2.35. The SMILES string of the molecule is CCOC1CCCN(CCC2CCCC2(O)CN)C1. The van der Waals surface area contributed by atoms with E-state index in [1.54, 1.807) is 0 Å². The van der Waals surface area contributed by atoms with Crippen LogP contribution in [0.4, 0.5) is 0 Å². The van der Waals surface area contributed by atoms with Crippen molar-refractivity contribution in [1.29, 1.82) is 0 Å². The van der Waals surface area contributed by atoms with Gasteiger partial charge in [-0.1, -0.05) is 6.42 Å². The predicted molar refractivity (Wildman–Crippen MR) is 77.1 cm³/mol. The van der Waals surface area contributed by atoms with Gasteiger partial charge in [0.05, 0.1) is 11.7 Å². The van der Waals surface area contributed by atoms with E-state index in [1.807, 2.05) is 0 Å². The zero-order valence-electron chi connectivity index (χ0n) is 12.3. The summed E-state index contributed by atoms with van der Waals surface area (Å²) in [5.41, 5.74) is 5.16. The molecule has 1 heterocycles. The summed E-state index contributed by atoms with van der Waals surface area (Å²) in [4.78, 5) is 2.50. The van der Waals surface area contributed by atoms with Gasteiger partial charge in [-0.15, -0.1) is 0 Å². The fourth-order valence-corrected chi connectivity index (χ4v) is 3.74. The van der Waals surface area contributed by atoms with E-state index in [1.165, 1.54) is 19.4 Å². The van der Waals surface area contributed by atoms with Crippen molar-refractivity contribution in [3.63, 3.8) is 0 Å². The lowest BCUT2D eigenvalue weighted by Crippen LogP contribution is -2.44. The largest absolute Gasteiger partial charge is 0.388 e. The highest BCUT2D eigenvalue weighted by molar-refractivity contribution is 4.93. The molecule has 1 aliphatic heterocycles. The third-order valence-corrected chi connectivity index (χ3v) is 4.93. The number of nitrogens with zero attached hydrogens (tertiary/aromatic N) is 1. The predicted octanol–water partition coefficient (Wildman–Crippen LogP) is 1.37. The maximum Gasteiger partial charge on any atom is 0.0797 e. The van der Waals surface area contributed by atoms with E-state index in [-0.39, 0.29) is 0 Å². The second kappa shape index (κ2) is 7.02. The molecule has 3 N–H and O–H groups in total. The number of piperidine rings is 1. The molecule has 2 rings (SSSR count). The van der Waals surface area contributed by atoms with Gasteiger partial charge in [-0.3, -0.25) is 0 Å². The van der Waals surface area contributed by atoms with Gasteiger partial charge in [0, 0.05) is 19.7 Å². The summed E-state index contributed by atoms with van der Waals surface area (Å²) in [5.74, 6) is 0.393. The molecule has 4 heteroatoms. The monoisotopic (exact) mass is 270 g/mol. The zero-order chi connectivity index (χ0) is 13.7. The van der Waals surface area contributed by atoms with Crippen LogP contribution in [0.25, 0.3) is 0 Å². The van der Waals surface area contributed by atoms with Gasteiger partial charge in [-0.2, -0.15) is 0 Å². The maximum atomic E-state index is 10.5. The van der Waals surface area contributed by atoms with E-state index in [0.29, 0.717) is 18.6 Å². The molecule has 0 aromatic carbocycles. The molecule has 1 saturated heterocycles. The van der Waals surface area contributed by atoms with E-state index in [4.69, 9.17) is 10.5 Å². The Labute approximate surface area is 117 Å². The van der Waals surface area contributed by atoms with E-state index >= 15 is 0 Å². The van der Waals surface area contributed by atoms with Crippen LogP contribution in [-0.4, -0.2) is 54.5 Å². The summed E-state index contributed by atoms with van der Waals surface area (Å²) < 4.78 is 5.74. The smallest absolute Gasteiger partial charge is 0.0797 e. The summed E-state index contributed by atoms with van der Waals surface area (Å²) >= 11 is 0. The topological polar surface area (TPSA) is 58.7 Å². The number of ether oxygens (including phenoxy) is 1. The molecule has 4 nitrogen and oxygen atoms in total. The van der Waals surface area contributed by atoms with Gasteiger partial charge in [0.15, 0.2) is 0 Å². The highest BCUT2D eigenvalue weighted by Gasteiger charge is 2.39. The number of hydrogen-bond donors (Lipinski definition) is 2. The number of rotatable bonds is 6. The molecule has 0 amide bonds. The molecule has 1 saturated carbocycles. The van der Waals surface area contributed by atoms with Gasteiger partial charge in [-0.05, 0) is 58.0 Å². The second-order valence-corrected chi connectivity index (χ2v) is 6.21. The highest BCUT2D eigenvalue weighted by atomic mass is 16.5. The maximum absolute atomic E-state index is 10.5. The molecular weight excluding hydrogens is 240 g/mol. The lowest BCUT2D eigenvalue weighted by atomic mass is 9.88. The Hall–Kier alpha value is -0.160. The Bertz CT molecular complexity index is 273. The third-order valence-electron chi connectivity index (χ3n) is 4.93. The van der Waals surface area contributed by atoms with E-state index in [0.717, 1.165) is 45.4 Å². The van der Waals surface area contributed by atoms with Crippen molar-refractivity contribution in [3.8, 4) is 0 Å². The van der Waals surface area contributed by atoms with Crippen molar-refractivity contribution in [1.82, 2.24) is 4.90 Å². The average Bonchev–Trinajstić information content (AvgIpc) is 2.79. The van der Waals surface area contributed by atoms with Crippen LogP contribution in [0.5, 0.6) is 0 Å². The van der Waals surface area contributed by atoms with Crippen LogP contribution in [-0.2, 0) is 4.74 Å². The zero-order valence-corrected chi connectivity index (χ0v) is 12.3. The van der Waals surface area contributed by atoms with Crippen molar-refractivity contribution in [2.45, 2.75) is 57.2 Å². The van der Waals surface area contributed by atoms with Crippen LogP contribution in [0.3, 0.4) is 0 Å². The Balaban J connectivity index is 1.75. The molecule has 1 aliphatic carbocycles. The molecule has 0 aromatic heterocycles. The average molecular weight is 270 g/mol. The van der Waals surface area contributed by atoms with Crippen LogP contribution >= 0.6 is 0 Å². The fourth-order valence-electron chi connectivity index (χ4n) is 3.74. The van der Waals surface area contributed by atoms with Crippen LogP contribution in [0.1, 0.15) is 45.4 Å². The first-order valence-electron chi connectivity index (χ1n) is 7.94. The molecule has 3 unspecified atom stereocenters. The number of hydrogen-bond acceptors (Lipinski definition) is 4.